The van der Waals surface area contributed by atoms with Crippen LogP contribution >= 0.6 is 22.9 Å². The van der Waals surface area contributed by atoms with Gasteiger partial charge in [-0.25, -0.2) is 4.98 Å². The van der Waals surface area contributed by atoms with Gasteiger partial charge in [0, 0.05) is 31.1 Å². The average Bonchev–Trinajstić information content (AvgIpc) is 3.24. The summed E-state index contributed by atoms with van der Waals surface area (Å²) in [6, 6.07) is 22.8. The van der Waals surface area contributed by atoms with E-state index in [1.165, 1.54) is 20.2 Å². The summed E-state index contributed by atoms with van der Waals surface area (Å²) in [6.45, 7) is 0. The highest BCUT2D eigenvalue weighted by molar-refractivity contribution is 7.25. The number of furan rings is 1. The molecule has 3 nitrogen and oxygen atoms in total. The van der Waals surface area contributed by atoms with Crippen LogP contribution in [-0.2, 0) is 0 Å². The standard InChI is InChI=1S/C22H11ClN2OS/c23-22-24-20(19-15-6-1-3-7-16(15)26-21(19)25-22)12-9-10-14-13-5-2-4-8-17(13)27-18(14)11-12/h1-11H. The first-order chi connectivity index (χ1) is 13.3. The Morgan fingerprint density at radius 2 is 1.56 bits per heavy atom. The first-order valence-electron chi connectivity index (χ1n) is 8.54. The van der Waals surface area contributed by atoms with Gasteiger partial charge in [0.25, 0.3) is 0 Å². The Morgan fingerprint density at radius 1 is 0.778 bits per heavy atom. The molecule has 0 aliphatic rings. The van der Waals surface area contributed by atoms with E-state index in [4.69, 9.17) is 16.0 Å². The summed E-state index contributed by atoms with van der Waals surface area (Å²) in [5.41, 5.74) is 3.11. The van der Waals surface area contributed by atoms with Gasteiger partial charge < -0.3 is 4.42 Å². The number of benzene rings is 3. The predicted octanol–water partition coefficient (Wildman–Crippen LogP) is 7.06. The molecule has 0 saturated heterocycles. The van der Waals surface area contributed by atoms with Crippen LogP contribution in [0.2, 0.25) is 5.28 Å². The van der Waals surface area contributed by atoms with Crippen molar-refractivity contribution in [1.82, 2.24) is 9.97 Å². The van der Waals surface area contributed by atoms with Gasteiger partial charge in [0.15, 0.2) is 0 Å². The molecule has 27 heavy (non-hydrogen) atoms. The van der Waals surface area contributed by atoms with Gasteiger partial charge in [-0.15, -0.1) is 11.3 Å². The number of aromatic nitrogens is 2. The zero-order chi connectivity index (χ0) is 18.0. The predicted molar refractivity (Wildman–Crippen MR) is 113 cm³/mol. The van der Waals surface area contributed by atoms with Crippen molar-refractivity contribution >= 4 is 65.2 Å². The molecule has 3 aromatic carbocycles. The monoisotopic (exact) mass is 386 g/mol. The molecule has 0 saturated carbocycles. The molecule has 0 atom stereocenters. The number of nitrogens with zero attached hydrogens (tertiary/aromatic N) is 2. The van der Waals surface area contributed by atoms with Crippen LogP contribution in [0.3, 0.4) is 0 Å². The number of fused-ring (bicyclic) bond motifs is 6. The quantitative estimate of drug-likeness (QED) is 0.284. The summed E-state index contributed by atoms with van der Waals surface area (Å²) in [4.78, 5) is 8.84. The third-order valence-corrected chi connectivity index (χ3v) is 6.17. The lowest BCUT2D eigenvalue weighted by Gasteiger charge is -2.04. The van der Waals surface area contributed by atoms with Crippen LogP contribution in [0.25, 0.3) is 53.5 Å². The van der Waals surface area contributed by atoms with Crippen molar-refractivity contribution < 1.29 is 4.42 Å². The molecule has 0 unspecified atom stereocenters. The van der Waals surface area contributed by atoms with E-state index >= 15 is 0 Å². The van der Waals surface area contributed by atoms with Crippen LogP contribution in [0.5, 0.6) is 0 Å². The number of para-hydroxylation sites is 1. The van der Waals surface area contributed by atoms with Gasteiger partial charge in [0.2, 0.25) is 11.0 Å². The van der Waals surface area contributed by atoms with E-state index in [1.54, 1.807) is 11.3 Å². The molecule has 0 bridgehead atoms. The van der Waals surface area contributed by atoms with Crippen molar-refractivity contribution in [3.63, 3.8) is 0 Å². The summed E-state index contributed by atoms with van der Waals surface area (Å²) >= 11 is 7.99. The first kappa shape index (κ1) is 15.1. The normalized spacial score (nSPS) is 11.9. The van der Waals surface area contributed by atoms with E-state index in [-0.39, 0.29) is 5.28 Å². The van der Waals surface area contributed by atoms with Crippen molar-refractivity contribution in [2.75, 3.05) is 0 Å². The second kappa shape index (κ2) is 5.52. The molecule has 0 aliphatic heterocycles. The van der Waals surface area contributed by atoms with Crippen LogP contribution in [0.15, 0.2) is 71.1 Å². The number of thiophene rings is 1. The van der Waals surface area contributed by atoms with Gasteiger partial charge >= 0.3 is 0 Å². The van der Waals surface area contributed by atoms with E-state index < -0.39 is 0 Å². The molecule has 0 N–H and O–H groups in total. The third-order valence-electron chi connectivity index (χ3n) is 4.86. The SMILES string of the molecule is Clc1nc(-c2ccc3c(c2)sc2ccccc23)c2c(n1)oc1ccccc12. The Balaban J connectivity index is 1.70. The highest BCUT2D eigenvalue weighted by atomic mass is 35.5. The van der Waals surface area contributed by atoms with Crippen molar-refractivity contribution in [2.45, 2.75) is 0 Å². The summed E-state index contributed by atoms with van der Waals surface area (Å²) in [6.07, 6.45) is 0. The molecule has 5 heteroatoms. The number of halogens is 1. The highest BCUT2D eigenvalue weighted by Gasteiger charge is 2.17. The maximum absolute atomic E-state index is 6.20. The number of rotatable bonds is 1. The van der Waals surface area contributed by atoms with E-state index in [2.05, 4.69) is 52.4 Å². The summed E-state index contributed by atoms with van der Waals surface area (Å²) < 4.78 is 8.41. The maximum Gasteiger partial charge on any atom is 0.232 e. The average molecular weight is 387 g/mol. The Kier molecular flexibility index (Phi) is 3.10. The zero-order valence-electron chi connectivity index (χ0n) is 13.9. The van der Waals surface area contributed by atoms with Crippen molar-refractivity contribution in [2.24, 2.45) is 0 Å². The van der Waals surface area contributed by atoms with E-state index in [0.717, 1.165) is 27.6 Å². The first-order valence-corrected chi connectivity index (χ1v) is 9.74. The fourth-order valence-corrected chi connectivity index (χ4v) is 4.99. The molecule has 6 rings (SSSR count). The topological polar surface area (TPSA) is 38.9 Å². The molecule has 0 amide bonds. The Bertz CT molecular complexity index is 1500. The minimum absolute atomic E-state index is 0.188. The van der Waals surface area contributed by atoms with Gasteiger partial charge in [-0.2, -0.15) is 4.98 Å². The lowest BCUT2D eigenvalue weighted by atomic mass is 10.0. The van der Waals surface area contributed by atoms with Crippen molar-refractivity contribution in [3.8, 4) is 11.3 Å². The molecule has 3 aromatic heterocycles. The van der Waals surface area contributed by atoms with Gasteiger partial charge in [-0.05, 0) is 29.8 Å². The van der Waals surface area contributed by atoms with Crippen molar-refractivity contribution in [1.29, 1.82) is 0 Å². The van der Waals surface area contributed by atoms with Gasteiger partial charge in [-0.3, -0.25) is 0 Å². The molecule has 0 spiro atoms. The fourth-order valence-electron chi connectivity index (χ4n) is 3.68. The Hall–Kier alpha value is -2.95. The van der Waals surface area contributed by atoms with Crippen LogP contribution in [0.4, 0.5) is 0 Å². The molecule has 0 aliphatic carbocycles. The minimum atomic E-state index is 0.188. The fraction of sp³-hybridized carbons (Fsp3) is 0. The number of hydrogen-bond acceptors (Lipinski definition) is 4. The van der Waals surface area contributed by atoms with E-state index in [0.29, 0.717) is 5.71 Å². The summed E-state index contributed by atoms with van der Waals surface area (Å²) in [5, 5.41) is 4.62. The van der Waals surface area contributed by atoms with E-state index in [9.17, 15) is 0 Å². The molecule has 6 aromatic rings. The lowest BCUT2D eigenvalue weighted by Crippen LogP contribution is -1.89. The second-order valence-corrected chi connectivity index (χ2v) is 7.85. The second-order valence-electron chi connectivity index (χ2n) is 6.43. The van der Waals surface area contributed by atoms with Gasteiger partial charge in [0.05, 0.1) is 11.1 Å². The molecule has 128 valence electrons. The Labute approximate surface area is 162 Å². The van der Waals surface area contributed by atoms with Crippen LogP contribution in [-0.4, -0.2) is 9.97 Å². The maximum atomic E-state index is 6.20. The zero-order valence-corrected chi connectivity index (χ0v) is 15.5. The molecule has 0 radical (unpaired) electrons. The third kappa shape index (κ3) is 2.21. The summed E-state index contributed by atoms with van der Waals surface area (Å²) in [5.74, 6) is 0. The Morgan fingerprint density at radius 3 is 2.48 bits per heavy atom. The molecule has 3 heterocycles. The van der Waals surface area contributed by atoms with Crippen LogP contribution in [0.1, 0.15) is 0 Å². The summed E-state index contributed by atoms with van der Waals surface area (Å²) in [7, 11) is 0. The van der Waals surface area contributed by atoms with E-state index in [1.807, 2.05) is 24.3 Å². The molecular formula is C22H11ClN2OS. The smallest absolute Gasteiger partial charge is 0.232 e. The highest BCUT2D eigenvalue weighted by Crippen LogP contribution is 2.39. The molecule has 0 fully saturated rings. The van der Waals surface area contributed by atoms with Crippen LogP contribution < -0.4 is 0 Å². The lowest BCUT2D eigenvalue weighted by molar-refractivity contribution is 0.653. The van der Waals surface area contributed by atoms with Crippen LogP contribution in [0, 0.1) is 0 Å². The van der Waals surface area contributed by atoms with Gasteiger partial charge in [-0.1, -0.05) is 48.5 Å². The number of hydrogen-bond donors (Lipinski definition) is 0. The minimum Gasteiger partial charge on any atom is -0.438 e. The largest absolute Gasteiger partial charge is 0.438 e. The van der Waals surface area contributed by atoms with Crippen molar-refractivity contribution in [3.05, 3.63) is 72.0 Å². The molecular weight excluding hydrogens is 376 g/mol. The van der Waals surface area contributed by atoms with Gasteiger partial charge in [0.1, 0.15) is 5.58 Å².